The van der Waals surface area contributed by atoms with Crippen LogP contribution in [0.15, 0.2) is 0 Å². The molecule has 14 heavy (non-hydrogen) atoms. The Hall–Kier alpha value is -1.10. The van der Waals surface area contributed by atoms with Crippen molar-refractivity contribution in [2.24, 2.45) is 0 Å². The van der Waals surface area contributed by atoms with E-state index in [2.05, 4.69) is 10.3 Å². The Morgan fingerprint density at radius 3 is 2.79 bits per heavy atom. The minimum absolute atomic E-state index is 0.181. The van der Waals surface area contributed by atoms with Crippen LogP contribution in [-0.4, -0.2) is 24.1 Å². The number of nitrogens with one attached hydrogen (secondary N) is 1. The molecule has 0 aromatic carbocycles. The van der Waals surface area contributed by atoms with Crippen molar-refractivity contribution in [1.82, 2.24) is 4.98 Å². The van der Waals surface area contributed by atoms with E-state index in [9.17, 15) is 4.79 Å². The summed E-state index contributed by atoms with van der Waals surface area (Å²) in [7, 11) is 0. The minimum atomic E-state index is -0.252. The zero-order valence-corrected chi connectivity index (χ0v) is 9.40. The van der Waals surface area contributed by atoms with Crippen molar-refractivity contribution < 1.29 is 9.53 Å². The number of hydrogen-bond acceptors (Lipinski definition) is 5. The van der Waals surface area contributed by atoms with Crippen molar-refractivity contribution in [3.8, 4) is 0 Å². The van der Waals surface area contributed by atoms with Crippen LogP contribution in [0.3, 0.4) is 0 Å². The maximum atomic E-state index is 11.0. The minimum Gasteiger partial charge on any atom is -0.465 e. The first-order chi connectivity index (χ1) is 6.63. The molecule has 0 atom stereocenters. The molecule has 1 rings (SSSR count). The van der Waals surface area contributed by atoms with Crippen LogP contribution in [0.5, 0.6) is 0 Å². The van der Waals surface area contributed by atoms with E-state index in [1.807, 2.05) is 13.8 Å². The Balaban J connectivity index is 2.42. The lowest BCUT2D eigenvalue weighted by Gasteiger charge is -2.01. The van der Waals surface area contributed by atoms with Crippen LogP contribution in [0.2, 0.25) is 0 Å². The van der Waals surface area contributed by atoms with Crippen molar-refractivity contribution in [3.63, 3.8) is 0 Å². The Morgan fingerprint density at radius 2 is 2.29 bits per heavy atom. The molecule has 4 nitrogen and oxygen atoms in total. The number of anilines is 1. The molecule has 78 valence electrons. The molecule has 0 fully saturated rings. The van der Waals surface area contributed by atoms with Crippen LogP contribution in [0.4, 0.5) is 5.13 Å². The molecule has 0 aliphatic heterocycles. The SMILES string of the molecule is CCOC(=O)CNc1nc(C)c(C)s1. The third-order valence-electron chi connectivity index (χ3n) is 1.72. The molecule has 0 aliphatic rings. The number of carbonyl (C=O) groups is 1. The van der Waals surface area contributed by atoms with Gasteiger partial charge in [-0.25, -0.2) is 4.98 Å². The number of ether oxygens (including phenoxy) is 1. The van der Waals surface area contributed by atoms with Crippen LogP contribution in [0.25, 0.3) is 0 Å². The fourth-order valence-electron chi connectivity index (χ4n) is 0.908. The summed E-state index contributed by atoms with van der Waals surface area (Å²) >= 11 is 1.54. The summed E-state index contributed by atoms with van der Waals surface area (Å²) in [5, 5.41) is 3.70. The highest BCUT2D eigenvalue weighted by Crippen LogP contribution is 2.20. The molecule has 1 aromatic rings. The summed E-state index contributed by atoms with van der Waals surface area (Å²) in [4.78, 5) is 16.4. The summed E-state index contributed by atoms with van der Waals surface area (Å²) < 4.78 is 4.78. The smallest absolute Gasteiger partial charge is 0.325 e. The van der Waals surface area contributed by atoms with Crippen LogP contribution in [-0.2, 0) is 9.53 Å². The van der Waals surface area contributed by atoms with Gasteiger partial charge in [-0.1, -0.05) is 0 Å². The van der Waals surface area contributed by atoms with Crippen LogP contribution >= 0.6 is 11.3 Å². The second kappa shape index (κ2) is 4.95. The van der Waals surface area contributed by atoms with Gasteiger partial charge in [0.05, 0.1) is 12.3 Å². The van der Waals surface area contributed by atoms with E-state index >= 15 is 0 Å². The number of nitrogens with zero attached hydrogens (tertiary/aromatic N) is 1. The molecule has 0 saturated heterocycles. The van der Waals surface area contributed by atoms with Gasteiger partial charge in [0.15, 0.2) is 5.13 Å². The number of rotatable bonds is 4. The van der Waals surface area contributed by atoms with Crippen molar-refractivity contribution in [2.45, 2.75) is 20.8 Å². The standard InChI is InChI=1S/C9H14N2O2S/c1-4-13-8(12)5-10-9-11-6(2)7(3)14-9/h4-5H2,1-3H3,(H,10,11). The highest BCUT2D eigenvalue weighted by molar-refractivity contribution is 7.15. The Bertz CT molecular complexity index is 303. The Kier molecular flexibility index (Phi) is 3.88. The molecule has 0 bridgehead atoms. The topological polar surface area (TPSA) is 51.2 Å². The maximum Gasteiger partial charge on any atom is 0.325 e. The zero-order chi connectivity index (χ0) is 10.6. The second-order valence-electron chi connectivity index (χ2n) is 2.82. The van der Waals surface area contributed by atoms with E-state index < -0.39 is 0 Å². The molecule has 0 spiro atoms. The molecule has 0 saturated carbocycles. The highest BCUT2D eigenvalue weighted by atomic mass is 32.1. The van der Waals surface area contributed by atoms with E-state index in [-0.39, 0.29) is 12.5 Å². The molecule has 5 heteroatoms. The largest absolute Gasteiger partial charge is 0.465 e. The zero-order valence-electron chi connectivity index (χ0n) is 8.59. The summed E-state index contributed by atoms with van der Waals surface area (Å²) in [5.41, 5.74) is 1.00. The number of carbonyl (C=O) groups excluding carboxylic acids is 1. The van der Waals surface area contributed by atoms with E-state index in [0.717, 1.165) is 15.7 Å². The normalized spacial score (nSPS) is 9.93. The lowest BCUT2D eigenvalue weighted by atomic mass is 10.4. The highest BCUT2D eigenvalue weighted by Gasteiger charge is 2.05. The third kappa shape index (κ3) is 2.99. The van der Waals surface area contributed by atoms with Gasteiger partial charge in [-0.15, -0.1) is 11.3 Å². The first kappa shape index (κ1) is 11.0. The van der Waals surface area contributed by atoms with Gasteiger partial charge in [0.1, 0.15) is 6.54 Å². The Labute approximate surface area is 87.3 Å². The fraction of sp³-hybridized carbons (Fsp3) is 0.556. The molecule has 1 N–H and O–H groups in total. The predicted molar refractivity (Wildman–Crippen MR) is 56.7 cm³/mol. The third-order valence-corrected chi connectivity index (χ3v) is 2.75. The molecule has 0 aliphatic carbocycles. The van der Waals surface area contributed by atoms with Crippen molar-refractivity contribution in [1.29, 1.82) is 0 Å². The van der Waals surface area contributed by atoms with Gasteiger partial charge in [-0.05, 0) is 20.8 Å². The van der Waals surface area contributed by atoms with Crippen LogP contribution in [0.1, 0.15) is 17.5 Å². The van der Waals surface area contributed by atoms with Crippen molar-refractivity contribution >= 4 is 22.4 Å². The fourth-order valence-corrected chi connectivity index (χ4v) is 1.72. The summed E-state index contributed by atoms with van der Waals surface area (Å²) in [6, 6.07) is 0. The first-order valence-electron chi connectivity index (χ1n) is 4.47. The van der Waals surface area contributed by atoms with Gasteiger partial charge in [-0.3, -0.25) is 4.79 Å². The van der Waals surface area contributed by atoms with Gasteiger partial charge >= 0.3 is 5.97 Å². The number of esters is 1. The molecule has 0 amide bonds. The maximum absolute atomic E-state index is 11.0. The number of aryl methyl sites for hydroxylation is 2. The molecule has 0 radical (unpaired) electrons. The van der Waals surface area contributed by atoms with Gasteiger partial charge < -0.3 is 10.1 Å². The summed E-state index contributed by atoms with van der Waals surface area (Å²) in [6.45, 7) is 6.33. The lowest BCUT2D eigenvalue weighted by molar-refractivity contribution is -0.140. The summed E-state index contributed by atoms with van der Waals surface area (Å²) in [6.07, 6.45) is 0. The quantitative estimate of drug-likeness (QED) is 0.776. The number of hydrogen-bond donors (Lipinski definition) is 1. The Morgan fingerprint density at radius 1 is 1.57 bits per heavy atom. The van der Waals surface area contributed by atoms with Crippen LogP contribution in [0, 0.1) is 13.8 Å². The lowest BCUT2D eigenvalue weighted by Crippen LogP contribution is -2.16. The number of thiazole rings is 1. The molecule has 1 heterocycles. The predicted octanol–water partition coefficient (Wildman–Crippen LogP) is 1.73. The van der Waals surface area contributed by atoms with Gasteiger partial charge in [0.2, 0.25) is 0 Å². The van der Waals surface area contributed by atoms with E-state index in [1.54, 1.807) is 18.3 Å². The van der Waals surface area contributed by atoms with Gasteiger partial charge in [-0.2, -0.15) is 0 Å². The van der Waals surface area contributed by atoms with Crippen molar-refractivity contribution in [2.75, 3.05) is 18.5 Å². The van der Waals surface area contributed by atoms with E-state index in [4.69, 9.17) is 4.74 Å². The van der Waals surface area contributed by atoms with Crippen molar-refractivity contribution in [3.05, 3.63) is 10.6 Å². The second-order valence-corrected chi connectivity index (χ2v) is 4.02. The number of aromatic nitrogens is 1. The van der Waals surface area contributed by atoms with Gasteiger partial charge in [0.25, 0.3) is 0 Å². The van der Waals surface area contributed by atoms with Gasteiger partial charge in [0, 0.05) is 4.88 Å². The molecule has 0 unspecified atom stereocenters. The summed E-state index contributed by atoms with van der Waals surface area (Å²) in [5.74, 6) is -0.252. The monoisotopic (exact) mass is 214 g/mol. The van der Waals surface area contributed by atoms with E-state index in [1.165, 1.54) is 0 Å². The average Bonchev–Trinajstić information content (AvgIpc) is 2.44. The molecular weight excluding hydrogens is 200 g/mol. The van der Waals surface area contributed by atoms with E-state index in [0.29, 0.717) is 6.61 Å². The average molecular weight is 214 g/mol. The molecule has 1 aromatic heterocycles. The van der Waals surface area contributed by atoms with Crippen LogP contribution < -0.4 is 5.32 Å². The molecular formula is C9H14N2O2S. The first-order valence-corrected chi connectivity index (χ1v) is 5.28.